The Bertz CT molecular complexity index is 292. The Hall–Kier alpha value is -0.770. The maximum atomic E-state index is 11.7. The van der Waals surface area contributed by atoms with Crippen molar-refractivity contribution in [3.8, 4) is 0 Å². The molecule has 1 aliphatic carbocycles. The molecule has 0 atom stereocenters. The van der Waals surface area contributed by atoms with Gasteiger partial charge in [-0.15, -0.1) is 0 Å². The van der Waals surface area contributed by atoms with Crippen molar-refractivity contribution in [1.29, 1.82) is 0 Å². The Morgan fingerprint density at radius 2 is 1.67 bits per heavy atom. The molecule has 0 aromatic carbocycles. The number of amides is 1. The standard InChI is InChI=1S/C17H34N2O2/c1-5-6-7-8-13-18-14-9-11-15(12-10-14)19-16(20)21-17(2,3)4/h14-15,18H,5-13H2,1-4H3,(H,19,20). The molecule has 1 amide bonds. The molecule has 0 spiro atoms. The Labute approximate surface area is 130 Å². The molecule has 0 heterocycles. The number of alkyl carbamates (subject to hydrolysis) is 1. The van der Waals surface area contributed by atoms with Crippen LogP contribution in [-0.2, 0) is 4.74 Å². The van der Waals surface area contributed by atoms with Gasteiger partial charge in [-0.25, -0.2) is 4.79 Å². The van der Waals surface area contributed by atoms with Crippen molar-refractivity contribution in [1.82, 2.24) is 10.6 Å². The summed E-state index contributed by atoms with van der Waals surface area (Å²) < 4.78 is 5.30. The quantitative estimate of drug-likeness (QED) is 0.699. The second kappa shape index (κ2) is 9.29. The van der Waals surface area contributed by atoms with Gasteiger partial charge in [-0.1, -0.05) is 26.2 Å². The molecule has 4 heteroatoms. The third kappa shape index (κ3) is 8.97. The predicted octanol–water partition coefficient (Wildman–Crippen LogP) is 3.99. The second-order valence-corrected chi connectivity index (χ2v) is 7.21. The van der Waals surface area contributed by atoms with E-state index in [1.165, 1.54) is 25.7 Å². The molecule has 0 unspecified atom stereocenters. The van der Waals surface area contributed by atoms with Crippen molar-refractivity contribution < 1.29 is 9.53 Å². The van der Waals surface area contributed by atoms with E-state index >= 15 is 0 Å². The van der Waals surface area contributed by atoms with Crippen LogP contribution in [0.2, 0.25) is 0 Å². The Morgan fingerprint density at radius 3 is 2.24 bits per heavy atom. The van der Waals surface area contributed by atoms with Crippen LogP contribution in [0.15, 0.2) is 0 Å². The number of carbonyl (C=O) groups excluding carboxylic acids is 1. The van der Waals surface area contributed by atoms with Crippen molar-refractivity contribution >= 4 is 6.09 Å². The first kappa shape index (κ1) is 18.3. The Balaban J connectivity index is 2.10. The summed E-state index contributed by atoms with van der Waals surface area (Å²) in [6.45, 7) is 9.06. The number of unbranched alkanes of at least 4 members (excludes halogenated alkanes) is 3. The van der Waals surface area contributed by atoms with Gasteiger partial charge in [-0.05, 0) is 59.4 Å². The first-order chi connectivity index (χ1) is 9.90. The summed E-state index contributed by atoms with van der Waals surface area (Å²) >= 11 is 0. The van der Waals surface area contributed by atoms with Gasteiger partial charge in [-0.2, -0.15) is 0 Å². The minimum atomic E-state index is -0.415. The van der Waals surface area contributed by atoms with E-state index in [9.17, 15) is 4.79 Å². The lowest BCUT2D eigenvalue weighted by atomic mass is 9.91. The van der Waals surface area contributed by atoms with Crippen LogP contribution in [0.3, 0.4) is 0 Å². The lowest BCUT2D eigenvalue weighted by Gasteiger charge is -2.30. The summed E-state index contributed by atoms with van der Waals surface area (Å²) in [7, 11) is 0. The topological polar surface area (TPSA) is 50.4 Å². The summed E-state index contributed by atoms with van der Waals surface area (Å²) in [5.74, 6) is 0. The normalized spacial score (nSPS) is 22.9. The lowest BCUT2D eigenvalue weighted by Crippen LogP contribution is -2.44. The van der Waals surface area contributed by atoms with E-state index < -0.39 is 5.60 Å². The number of ether oxygens (including phenoxy) is 1. The molecule has 1 fully saturated rings. The maximum Gasteiger partial charge on any atom is 0.407 e. The third-order valence-electron chi connectivity index (χ3n) is 3.91. The fraction of sp³-hybridized carbons (Fsp3) is 0.941. The van der Waals surface area contributed by atoms with Crippen LogP contribution in [-0.4, -0.2) is 30.3 Å². The molecular weight excluding hydrogens is 264 g/mol. The van der Waals surface area contributed by atoms with E-state index in [2.05, 4.69) is 17.6 Å². The number of nitrogens with one attached hydrogen (secondary N) is 2. The molecule has 2 N–H and O–H groups in total. The number of hydrogen-bond acceptors (Lipinski definition) is 3. The average Bonchev–Trinajstić information content (AvgIpc) is 2.38. The number of hydrogen-bond donors (Lipinski definition) is 2. The summed E-state index contributed by atoms with van der Waals surface area (Å²) in [4.78, 5) is 11.7. The highest BCUT2D eigenvalue weighted by atomic mass is 16.6. The average molecular weight is 298 g/mol. The smallest absolute Gasteiger partial charge is 0.407 e. The Morgan fingerprint density at radius 1 is 1.05 bits per heavy atom. The molecular formula is C17H34N2O2. The summed E-state index contributed by atoms with van der Waals surface area (Å²) in [6.07, 6.45) is 9.36. The zero-order valence-corrected chi connectivity index (χ0v) is 14.3. The highest BCUT2D eigenvalue weighted by Crippen LogP contribution is 2.19. The fourth-order valence-electron chi connectivity index (χ4n) is 2.77. The third-order valence-corrected chi connectivity index (χ3v) is 3.91. The molecule has 4 nitrogen and oxygen atoms in total. The Kier molecular flexibility index (Phi) is 8.09. The van der Waals surface area contributed by atoms with Crippen LogP contribution in [0, 0.1) is 0 Å². The van der Waals surface area contributed by atoms with Crippen LogP contribution >= 0.6 is 0 Å². The largest absolute Gasteiger partial charge is 0.444 e. The number of rotatable bonds is 7. The zero-order valence-electron chi connectivity index (χ0n) is 14.3. The second-order valence-electron chi connectivity index (χ2n) is 7.21. The van der Waals surface area contributed by atoms with Crippen LogP contribution in [0.5, 0.6) is 0 Å². The molecule has 1 saturated carbocycles. The van der Waals surface area contributed by atoms with Crippen molar-refractivity contribution in [3.05, 3.63) is 0 Å². The molecule has 0 saturated heterocycles. The van der Waals surface area contributed by atoms with Crippen LogP contribution < -0.4 is 10.6 Å². The van der Waals surface area contributed by atoms with Gasteiger partial charge in [0, 0.05) is 12.1 Å². The van der Waals surface area contributed by atoms with Gasteiger partial charge in [0.25, 0.3) is 0 Å². The van der Waals surface area contributed by atoms with Gasteiger partial charge in [-0.3, -0.25) is 0 Å². The highest BCUT2D eigenvalue weighted by Gasteiger charge is 2.24. The van der Waals surface area contributed by atoms with E-state index in [1.807, 2.05) is 20.8 Å². The summed E-state index contributed by atoms with van der Waals surface area (Å²) in [6, 6.07) is 0.904. The minimum Gasteiger partial charge on any atom is -0.444 e. The summed E-state index contributed by atoms with van der Waals surface area (Å²) in [5.41, 5.74) is -0.415. The first-order valence-corrected chi connectivity index (χ1v) is 8.63. The zero-order chi connectivity index (χ0) is 15.7. The van der Waals surface area contributed by atoms with Crippen molar-refractivity contribution in [3.63, 3.8) is 0 Å². The molecule has 1 rings (SSSR count). The van der Waals surface area contributed by atoms with Crippen molar-refractivity contribution in [2.24, 2.45) is 0 Å². The molecule has 124 valence electrons. The SMILES string of the molecule is CCCCCCNC1CCC(NC(=O)OC(C)(C)C)CC1. The predicted molar refractivity (Wildman–Crippen MR) is 87.6 cm³/mol. The van der Waals surface area contributed by atoms with Gasteiger partial charge in [0.15, 0.2) is 0 Å². The first-order valence-electron chi connectivity index (χ1n) is 8.63. The van der Waals surface area contributed by atoms with Crippen LogP contribution in [0.25, 0.3) is 0 Å². The van der Waals surface area contributed by atoms with Gasteiger partial charge in [0.05, 0.1) is 0 Å². The molecule has 1 aliphatic rings. The van der Waals surface area contributed by atoms with E-state index in [4.69, 9.17) is 4.74 Å². The molecule has 0 radical (unpaired) electrons. The fourth-order valence-corrected chi connectivity index (χ4v) is 2.77. The number of carbonyl (C=O) groups is 1. The van der Waals surface area contributed by atoms with E-state index in [1.54, 1.807) is 0 Å². The molecule has 0 aliphatic heterocycles. The molecule has 21 heavy (non-hydrogen) atoms. The highest BCUT2D eigenvalue weighted by molar-refractivity contribution is 5.68. The summed E-state index contributed by atoms with van der Waals surface area (Å²) in [5, 5.41) is 6.64. The van der Waals surface area contributed by atoms with Crippen LogP contribution in [0.4, 0.5) is 4.79 Å². The van der Waals surface area contributed by atoms with Crippen molar-refractivity contribution in [2.75, 3.05) is 6.54 Å². The van der Waals surface area contributed by atoms with E-state index in [0.29, 0.717) is 6.04 Å². The van der Waals surface area contributed by atoms with E-state index in [-0.39, 0.29) is 12.1 Å². The monoisotopic (exact) mass is 298 g/mol. The maximum absolute atomic E-state index is 11.7. The molecule has 0 aromatic heterocycles. The van der Waals surface area contributed by atoms with Gasteiger partial charge >= 0.3 is 6.09 Å². The lowest BCUT2D eigenvalue weighted by molar-refractivity contribution is 0.0490. The molecule has 0 bridgehead atoms. The van der Waals surface area contributed by atoms with Gasteiger partial charge < -0.3 is 15.4 Å². The van der Waals surface area contributed by atoms with E-state index in [0.717, 1.165) is 32.2 Å². The van der Waals surface area contributed by atoms with Gasteiger partial charge in [0.2, 0.25) is 0 Å². The molecule has 0 aromatic rings. The van der Waals surface area contributed by atoms with Crippen molar-refractivity contribution in [2.45, 2.75) is 96.7 Å². The van der Waals surface area contributed by atoms with Crippen LogP contribution in [0.1, 0.15) is 79.1 Å². The minimum absolute atomic E-state index is 0.276. The van der Waals surface area contributed by atoms with Gasteiger partial charge in [0.1, 0.15) is 5.60 Å².